The van der Waals surface area contributed by atoms with Crippen LogP contribution in [0.4, 0.5) is 4.79 Å². The average Bonchev–Trinajstić information content (AvgIpc) is 3.07. The number of nitrogens with one attached hydrogen (secondary N) is 1. The lowest BCUT2D eigenvalue weighted by Crippen LogP contribution is -2.41. The number of hydrogen-bond donors (Lipinski definition) is 1. The first kappa shape index (κ1) is 16.4. The Morgan fingerprint density at radius 3 is 2.62 bits per heavy atom. The average molecular weight is 357 g/mol. The van der Waals surface area contributed by atoms with Crippen LogP contribution in [0.3, 0.4) is 0 Å². The Labute approximate surface area is 150 Å². The maximum atomic E-state index is 13.1. The summed E-state index contributed by atoms with van der Waals surface area (Å²) >= 11 is 0. The van der Waals surface area contributed by atoms with Crippen LogP contribution in [0, 0.1) is 13.8 Å². The van der Waals surface area contributed by atoms with E-state index in [-0.39, 0.29) is 12.5 Å². The number of carbonyl (C=O) groups is 2. The molecule has 2 aliphatic heterocycles. The van der Waals surface area contributed by atoms with Gasteiger partial charge in [0.1, 0.15) is 24.5 Å². The Morgan fingerprint density at radius 2 is 1.92 bits per heavy atom. The second kappa shape index (κ2) is 5.76. The van der Waals surface area contributed by atoms with Crippen LogP contribution in [0.2, 0.25) is 0 Å². The number of benzene rings is 1. The minimum atomic E-state index is -1.17. The standard InChI is InChI=1S/C18H19N3O5/c1-10-13(11(2)26-20-10)9-21-16(22)18(3,19-17(21)23)12-4-5-14-15(8-12)25-7-6-24-14/h4-5,8H,6-7,9H2,1-3H3,(H,19,23). The molecule has 0 radical (unpaired) electrons. The van der Waals surface area contributed by atoms with Gasteiger partial charge >= 0.3 is 6.03 Å². The predicted octanol–water partition coefficient (Wildman–Crippen LogP) is 2.03. The van der Waals surface area contributed by atoms with Gasteiger partial charge in [-0.2, -0.15) is 0 Å². The maximum absolute atomic E-state index is 13.1. The highest BCUT2D eigenvalue weighted by Gasteiger charge is 2.49. The summed E-state index contributed by atoms with van der Waals surface area (Å²) in [5.41, 5.74) is 0.864. The summed E-state index contributed by atoms with van der Waals surface area (Å²) in [7, 11) is 0. The molecule has 1 N–H and O–H groups in total. The molecule has 0 saturated carbocycles. The Hall–Kier alpha value is -3.03. The van der Waals surface area contributed by atoms with Crippen LogP contribution < -0.4 is 14.8 Å². The van der Waals surface area contributed by atoms with E-state index < -0.39 is 11.6 Å². The van der Waals surface area contributed by atoms with E-state index in [4.69, 9.17) is 14.0 Å². The Kier molecular flexibility index (Phi) is 3.64. The number of aromatic nitrogens is 1. The van der Waals surface area contributed by atoms with Gasteiger partial charge < -0.3 is 19.3 Å². The quantitative estimate of drug-likeness (QED) is 0.845. The molecule has 1 saturated heterocycles. The molecule has 4 rings (SSSR count). The summed E-state index contributed by atoms with van der Waals surface area (Å²) in [4.78, 5) is 26.8. The number of carbonyl (C=O) groups excluding carboxylic acids is 2. The van der Waals surface area contributed by atoms with E-state index in [0.29, 0.717) is 41.7 Å². The van der Waals surface area contributed by atoms with Crippen molar-refractivity contribution in [2.45, 2.75) is 32.9 Å². The molecule has 26 heavy (non-hydrogen) atoms. The van der Waals surface area contributed by atoms with Crippen LogP contribution in [-0.2, 0) is 16.9 Å². The summed E-state index contributed by atoms with van der Waals surface area (Å²) in [6, 6.07) is 4.82. The largest absolute Gasteiger partial charge is 0.486 e. The van der Waals surface area contributed by atoms with Crippen LogP contribution >= 0.6 is 0 Å². The third kappa shape index (κ3) is 2.40. The number of imide groups is 1. The monoisotopic (exact) mass is 357 g/mol. The Morgan fingerprint density at radius 1 is 1.19 bits per heavy atom. The number of nitrogens with zero attached hydrogens (tertiary/aromatic N) is 2. The van der Waals surface area contributed by atoms with E-state index >= 15 is 0 Å². The van der Waals surface area contributed by atoms with E-state index in [1.165, 1.54) is 4.90 Å². The summed E-state index contributed by atoms with van der Waals surface area (Å²) in [5, 5.41) is 6.67. The van der Waals surface area contributed by atoms with Crippen molar-refractivity contribution in [1.29, 1.82) is 0 Å². The first-order valence-electron chi connectivity index (χ1n) is 8.36. The summed E-state index contributed by atoms with van der Waals surface area (Å²) in [6.45, 7) is 6.28. The van der Waals surface area contributed by atoms with Crippen molar-refractivity contribution in [3.63, 3.8) is 0 Å². The Balaban J connectivity index is 1.65. The minimum absolute atomic E-state index is 0.117. The van der Waals surface area contributed by atoms with Crippen LogP contribution in [0.15, 0.2) is 22.7 Å². The second-order valence-electron chi connectivity index (χ2n) is 6.61. The molecule has 1 aromatic carbocycles. The lowest BCUT2D eigenvalue weighted by atomic mass is 9.91. The minimum Gasteiger partial charge on any atom is -0.486 e. The molecule has 1 atom stereocenters. The molecule has 3 amide bonds. The van der Waals surface area contributed by atoms with E-state index in [1.54, 1.807) is 39.0 Å². The van der Waals surface area contributed by atoms with Crippen molar-refractivity contribution in [3.8, 4) is 11.5 Å². The summed E-state index contributed by atoms with van der Waals surface area (Å²) < 4.78 is 16.2. The molecular formula is C18H19N3O5. The SMILES string of the molecule is Cc1noc(C)c1CN1C(=O)NC(C)(c2ccc3c(c2)OCCO3)C1=O. The lowest BCUT2D eigenvalue weighted by molar-refractivity contribution is -0.131. The number of ether oxygens (including phenoxy) is 2. The third-order valence-corrected chi connectivity index (χ3v) is 4.89. The van der Waals surface area contributed by atoms with Gasteiger partial charge in [0, 0.05) is 5.56 Å². The zero-order chi connectivity index (χ0) is 18.5. The highest BCUT2D eigenvalue weighted by atomic mass is 16.6. The van der Waals surface area contributed by atoms with E-state index in [9.17, 15) is 9.59 Å². The fraction of sp³-hybridized carbons (Fsp3) is 0.389. The van der Waals surface area contributed by atoms with Crippen LogP contribution in [-0.4, -0.2) is 35.2 Å². The lowest BCUT2D eigenvalue weighted by Gasteiger charge is -2.25. The molecule has 2 aromatic rings. The first-order valence-corrected chi connectivity index (χ1v) is 8.36. The van der Waals surface area contributed by atoms with Crippen molar-refractivity contribution in [3.05, 3.63) is 40.8 Å². The summed E-state index contributed by atoms with van der Waals surface area (Å²) in [6.07, 6.45) is 0. The van der Waals surface area contributed by atoms with Crippen LogP contribution in [0.5, 0.6) is 11.5 Å². The zero-order valence-electron chi connectivity index (χ0n) is 14.8. The topological polar surface area (TPSA) is 93.9 Å². The fourth-order valence-electron chi connectivity index (χ4n) is 3.28. The third-order valence-electron chi connectivity index (χ3n) is 4.89. The molecule has 0 spiro atoms. The number of amides is 3. The molecule has 2 aliphatic rings. The first-order chi connectivity index (χ1) is 12.4. The Bertz CT molecular complexity index is 887. The van der Waals surface area contributed by atoms with Crippen LogP contribution in [0.1, 0.15) is 29.5 Å². The number of urea groups is 1. The van der Waals surface area contributed by atoms with Gasteiger partial charge in [-0.05, 0) is 38.5 Å². The van der Waals surface area contributed by atoms with Gasteiger partial charge in [0.2, 0.25) is 0 Å². The van der Waals surface area contributed by atoms with Gasteiger partial charge in [-0.1, -0.05) is 11.2 Å². The number of hydrogen-bond acceptors (Lipinski definition) is 6. The highest BCUT2D eigenvalue weighted by Crippen LogP contribution is 2.37. The molecule has 1 aromatic heterocycles. The maximum Gasteiger partial charge on any atom is 0.325 e. The molecule has 0 aliphatic carbocycles. The van der Waals surface area contributed by atoms with E-state index in [1.807, 2.05) is 0 Å². The molecule has 3 heterocycles. The van der Waals surface area contributed by atoms with Gasteiger partial charge in [-0.25, -0.2) is 4.79 Å². The molecule has 1 fully saturated rings. The second-order valence-corrected chi connectivity index (χ2v) is 6.61. The van der Waals surface area contributed by atoms with Crippen molar-refractivity contribution >= 4 is 11.9 Å². The number of aryl methyl sites for hydroxylation is 2. The van der Waals surface area contributed by atoms with E-state index in [2.05, 4.69) is 10.5 Å². The van der Waals surface area contributed by atoms with Gasteiger partial charge in [-0.3, -0.25) is 9.69 Å². The molecular weight excluding hydrogens is 338 g/mol. The number of fused-ring (bicyclic) bond motifs is 1. The molecule has 1 unspecified atom stereocenters. The zero-order valence-corrected chi connectivity index (χ0v) is 14.8. The highest BCUT2D eigenvalue weighted by molar-refractivity contribution is 6.07. The molecule has 0 bridgehead atoms. The number of rotatable bonds is 3. The normalized spacial score (nSPS) is 21.9. The van der Waals surface area contributed by atoms with E-state index in [0.717, 1.165) is 5.56 Å². The molecule has 8 heteroatoms. The van der Waals surface area contributed by atoms with Crippen molar-refractivity contribution < 1.29 is 23.6 Å². The predicted molar refractivity (Wildman–Crippen MR) is 89.8 cm³/mol. The van der Waals surface area contributed by atoms with Gasteiger partial charge in [-0.15, -0.1) is 0 Å². The van der Waals surface area contributed by atoms with Crippen LogP contribution in [0.25, 0.3) is 0 Å². The summed E-state index contributed by atoms with van der Waals surface area (Å²) in [5.74, 6) is 1.46. The molecule has 8 nitrogen and oxygen atoms in total. The smallest absolute Gasteiger partial charge is 0.325 e. The fourth-order valence-corrected chi connectivity index (χ4v) is 3.28. The van der Waals surface area contributed by atoms with Gasteiger partial charge in [0.25, 0.3) is 5.91 Å². The van der Waals surface area contributed by atoms with Crippen molar-refractivity contribution in [1.82, 2.24) is 15.4 Å². The van der Waals surface area contributed by atoms with Gasteiger partial charge in [0.05, 0.1) is 12.2 Å². The van der Waals surface area contributed by atoms with Gasteiger partial charge in [0.15, 0.2) is 11.5 Å². The van der Waals surface area contributed by atoms with Crippen molar-refractivity contribution in [2.24, 2.45) is 0 Å². The molecule has 136 valence electrons. The van der Waals surface area contributed by atoms with Crippen molar-refractivity contribution in [2.75, 3.05) is 13.2 Å².